The van der Waals surface area contributed by atoms with Gasteiger partial charge in [0.1, 0.15) is 12.9 Å². The van der Waals surface area contributed by atoms with E-state index in [0.717, 1.165) is 54.6 Å². The van der Waals surface area contributed by atoms with Gasteiger partial charge in [0.2, 0.25) is 0 Å². The van der Waals surface area contributed by atoms with E-state index in [2.05, 4.69) is 40.7 Å². The predicted molar refractivity (Wildman–Crippen MR) is 129 cm³/mol. The molecule has 0 radical (unpaired) electrons. The Balaban J connectivity index is 1.45. The number of fused-ring (bicyclic) bond motifs is 5. The number of rotatable bonds is 8. The van der Waals surface area contributed by atoms with E-state index in [-0.39, 0.29) is 12.7 Å². The van der Waals surface area contributed by atoms with Crippen molar-refractivity contribution >= 4 is 6.29 Å². The van der Waals surface area contributed by atoms with Gasteiger partial charge in [0.25, 0.3) is 0 Å². The third-order valence-electron chi connectivity index (χ3n) is 10.7. The van der Waals surface area contributed by atoms with Crippen LogP contribution in [0.3, 0.4) is 0 Å². The first kappa shape index (κ1) is 23.5. The molecule has 0 amide bonds. The van der Waals surface area contributed by atoms with Crippen molar-refractivity contribution in [3.8, 4) is 0 Å². The van der Waals surface area contributed by atoms with Crippen LogP contribution in [0.5, 0.6) is 0 Å². The van der Waals surface area contributed by atoms with Crippen LogP contribution in [0.2, 0.25) is 0 Å². The highest BCUT2D eigenvalue weighted by molar-refractivity contribution is 5.50. The summed E-state index contributed by atoms with van der Waals surface area (Å²) in [5, 5.41) is 0. The van der Waals surface area contributed by atoms with Gasteiger partial charge in [-0.05, 0) is 97.7 Å². The SMILES string of the molecule is CC(C)CCC[C@@H](C)[C@H]1CCC2C3CC=C4C[C@@H](OCC=O)CC[C@]4(C)C3CC[C@@]21C. The minimum Gasteiger partial charge on any atom is -0.370 e. The third kappa shape index (κ3) is 4.32. The van der Waals surface area contributed by atoms with Crippen molar-refractivity contribution in [1.82, 2.24) is 0 Å². The minimum absolute atomic E-state index is 0.262. The second-order valence-corrected chi connectivity index (χ2v) is 12.7. The Bertz CT molecular complexity index is 666. The highest BCUT2D eigenvalue weighted by Crippen LogP contribution is 2.67. The normalized spacial score (nSPS) is 43.0. The molecule has 3 unspecified atom stereocenters. The standard InChI is InChI=1S/C29H48O2/c1-20(2)7-6-8-21(3)25-11-12-26-24-10-9-22-19-23(31-18-17-30)13-15-28(22,4)27(24)14-16-29(25,26)5/h9,17,20-21,23-27H,6-8,10-16,18-19H2,1-5H3/t21-,23+,24?,25-,26?,27?,28+,29-/m1/s1. The summed E-state index contributed by atoms with van der Waals surface area (Å²) in [4.78, 5) is 10.7. The minimum atomic E-state index is 0.262. The number of allylic oxidation sites excluding steroid dienone is 1. The summed E-state index contributed by atoms with van der Waals surface area (Å²) in [6.45, 7) is 12.8. The van der Waals surface area contributed by atoms with Crippen molar-refractivity contribution in [3.63, 3.8) is 0 Å². The number of carbonyl (C=O) groups excluding carboxylic acids is 1. The van der Waals surface area contributed by atoms with E-state index < -0.39 is 0 Å². The number of hydrogen-bond donors (Lipinski definition) is 0. The first-order valence-corrected chi connectivity index (χ1v) is 13.5. The van der Waals surface area contributed by atoms with Crippen molar-refractivity contribution < 1.29 is 9.53 Å². The van der Waals surface area contributed by atoms with Crippen molar-refractivity contribution in [2.75, 3.05) is 6.61 Å². The lowest BCUT2D eigenvalue weighted by Gasteiger charge is -2.58. The molecule has 0 aromatic heterocycles. The lowest BCUT2D eigenvalue weighted by Crippen LogP contribution is -2.51. The van der Waals surface area contributed by atoms with Gasteiger partial charge >= 0.3 is 0 Å². The molecule has 0 spiro atoms. The van der Waals surface area contributed by atoms with E-state index >= 15 is 0 Å². The zero-order valence-corrected chi connectivity index (χ0v) is 21.0. The third-order valence-corrected chi connectivity index (χ3v) is 10.7. The Hall–Kier alpha value is -0.630. The summed E-state index contributed by atoms with van der Waals surface area (Å²) in [5.41, 5.74) is 2.62. The molecule has 0 aromatic rings. The maximum Gasteiger partial charge on any atom is 0.145 e. The van der Waals surface area contributed by atoms with E-state index in [1.54, 1.807) is 5.57 Å². The first-order valence-electron chi connectivity index (χ1n) is 13.5. The Morgan fingerprint density at radius 3 is 2.61 bits per heavy atom. The molecule has 176 valence electrons. The van der Waals surface area contributed by atoms with Crippen LogP contribution in [0.25, 0.3) is 0 Å². The average Bonchev–Trinajstić information content (AvgIpc) is 3.09. The smallest absolute Gasteiger partial charge is 0.145 e. The fourth-order valence-electron chi connectivity index (χ4n) is 8.97. The van der Waals surface area contributed by atoms with Crippen LogP contribution in [0, 0.1) is 46.3 Å². The fraction of sp³-hybridized carbons (Fsp3) is 0.897. The van der Waals surface area contributed by atoms with Crippen molar-refractivity contribution in [3.05, 3.63) is 11.6 Å². The van der Waals surface area contributed by atoms with Crippen LogP contribution >= 0.6 is 0 Å². The lowest BCUT2D eigenvalue weighted by molar-refractivity contribution is -0.115. The summed E-state index contributed by atoms with van der Waals surface area (Å²) in [6, 6.07) is 0. The van der Waals surface area contributed by atoms with E-state index in [4.69, 9.17) is 4.74 Å². The number of aldehydes is 1. The molecule has 0 aromatic carbocycles. The van der Waals surface area contributed by atoms with E-state index in [1.807, 2.05) is 0 Å². The van der Waals surface area contributed by atoms with Gasteiger partial charge in [0.05, 0.1) is 6.10 Å². The molecule has 4 aliphatic carbocycles. The van der Waals surface area contributed by atoms with Crippen LogP contribution in [-0.4, -0.2) is 19.0 Å². The van der Waals surface area contributed by atoms with Crippen LogP contribution in [0.15, 0.2) is 11.6 Å². The Labute approximate surface area is 192 Å². The number of hydrogen-bond acceptors (Lipinski definition) is 2. The molecule has 4 rings (SSSR count). The zero-order valence-electron chi connectivity index (χ0n) is 21.0. The lowest BCUT2D eigenvalue weighted by atomic mass is 9.47. The zero-order chi connectivity index (χ0) is 22.2. The van der Waals surface area contributed by atoms with E-state index in [9.17, 15) is 4.79 Å². The number of ether oxygens (including phenoxy) is 1. The van der Waals surface area contributed by atoms with Gasteiger partial charge < -0.3 is 9.53 Å². The number of carbonyl (C=O) groups is 1. The first-order chi connectivity index (χ1) is 14.8. The summed E-state index contributed by atoms with van der Waals surface area (Å²) in [7, 11) is 0. The molecule has 2 heteroatoms. The molecule has 0 heterocycles. The van der Waals surface area contributed by atoms with Gasteiger partial charge in [-0.1, -0.05) is 65.5 Å². The second kappa shape index (κ2) is 9.32. The van der Waals surface area contributed by atoms with Gasteiger partial charge in [-0.3, -0.25) is 0 Å². The highest BCUT2D eigenvalue weighted by Gasteiger charge is 2.59. The topological polar surface area (TPSA) is 26.3 Å². The molecule has 0 aliphatic heterocycles. The second-order valence-electron chi connectivity index (χ2n) is 12.7. The Kier molecular flexibility index (Phi) is 7.07. The average molecular weight is 429 g/mol. The maximum atomic E-state index is 10.7. The monoisotopic (exact) mass is 428 g/mol. The van der Waals surface area contributed by atoms with Gasteiger partial charge in [-0.25, -0.2) is 0 Å². The quantitative estimate of drug-likeness (QED) is 0.294. The van der Waals surface area contributed by atoms with Crippen LogP contribution in [-0.2, 0) is 9.53 Å². The summed E-state index contributed by atoms with van der Waals surface area (Å²) < 4.78 is 5.83. The van der Waals surface area contributed by atoms with Crippen LogP contribution in [0.1, 0.15) is 105 Å². The van der Waals surface area contributed by atoms with E-state index in [1.165, 1.54) is 57.8 Å². The van der Waals surface area contributed by atoms with Gasteiger partial charge in [-0.2, -0.15) is 0 Å². The van der Waals surface area contributed by atoms with Gasteiger partial charge in [-0.15, -0.1) is 0 Å². The molecule has 31 heavy (non-hydrogen) atoms. The van der Waals surface area contributed by atoms with Crippen LogP contribution in [0.4, 0.5) is 0 Å². The molecule has 4 aliphatic rings. The van der Waals surface area contributed by atoms with Crippen molar-refractivity contribution in [2.24, 2.45) is 46.3 Å². The molecular weight excluding hydrogens is 380 g/mol. The molecular formula is C29H48O2. The maximum absolute atomic E-state index is 10.7. The van der Waals surface area contributed by atoms with Crippen molar-refractivity contribution in [2.45, 2.75) is 111 Å². The molecule has 3 saturated carbocycles. The highest BCUT2D eigenvalue weighted by atomic mass is 16.5. The summed E-state index contributed by atoms with van der Waals surface area (Å²) in [6.07, 6.45) is 18.6. The molecule has 3 fully saturated rings. The Morgan fingerprint density at radius 2 is 1.87 bits per heavy atom. The Morgan fingerprint density at radius 1 is 1.06 bits per heavy atom. The fourth-order valence-corrected chi connectivity index (χ4v) is 8.97. The summed E-state index contributed by atoms with van der Waals surface area (Å²) >= 11 is 0. The molecule has 8 atom stereocenters. The molecule has 0 saturated heterocycles. The molecule has 0 bridgehead atoms. The van der Waals surface area contributed by atoms with Crippen LogP contribution < -0.4 is 0 Å². The summed E-state index contributed by atoms with van der Waals surface area (Å²) in [5.74, 6) is 5.37. The molecule has 0 N–H and O–H groups in total. The van der Waals surface area contributed by atoms with E-state index in [0.29, 0.717) is 10.8 Å². The molecule has 2 nitrogen and oxygen atoms in total. The largest absolute Gasteiger partial charge is 0.370 e. The van der Waals surface area contributed by atoms with Gasteiger partial charge in [0.15, 0.2) is 0 Å². The van der Waals surface area contributed by atoms with Crippen molar-refractivity contribution in [1.29, 1.82) is 0 Å². The van der Waals surface area contributed by atoms with Gasteiger partial charge in [0, 0.05) is 0 Å². The predicted octanol–water partition coefficient (Wildman–Crippen LogP) is 7.61.